The van der Waals surface area contributed by atoms with Gasteiger partial charge in [-0.05, 0) is 86.8 Å². The third-order valence-electron chi connectivity index (χ3n) is 11.7. The molecule has 3 aromatic carbocycles. The second-order valence-electron chi connectivity index (χ2n) is 15.8. The molecule has 2 aliphatic heterocycles. The van der Waals surface area contributed by atoms with E-state index in [0.717, 1.165) is 60.4 Å². The Hall–Kier alpha value is -5.44. The Morgan fingerprint density at radius 3 is 2.43 bits per heavy atom. The number of hydrogen-bond donors (Lipinski definition) is 3. The SMILES string of the molecule is Cc1ccc(S(=O)(=O)NC(=O)[C@]23CC2/C=C/CCCCC[C@H](NC(=O)OC2CCCC2)C(=O)N2CCN(C(=O)OCc4cccc5ccccc45)C[C@H]2C(=O)N3)cc1. The van der Waals surface area contributed by atoms with Crippen LogP contribution in [0, 0.1) is 12.8 Å². The first kappa shape index (κ1) is 40.7. The molecule has 3 aromatic rings. The van der Waals surface area contributed by atoms with E-state index < -0.39 is 63.5 Å². The van der Waals surface area contributed by atoms with Crippen LogP contribution in [0.25, 0.3) is 10.8 Å². The fourth-order valence-electron chi connectivity index (χ4n) is 8.20. The molecule has 14 nitrogen and oxygen atoms in total. The number of rotatable bonds is 7. The number of carbonyl (C=O) groups is 5. The fourth-order valence-corrected chi connectivity index (χ4v) is 9.24. The molecule has 15 heteroatoms. The van der Waals surface area contributed by atoms with E-state index in [-0.39, 0.29) is 43.7 Å². The molecule has 0 spiro atoms. The summed E-state index contributed by atoms with van der Waals surface area (Å²) in [5, 5.41) is 7.53. The number of allylic oxidation sites excluding steroid dienone is 1. The van der Waals surface area contributed by atoms with E-state index in [2.05, 4.69) is 15.4 Å². The van der Waals surface area contributed by atoms with Gasteiger partial charge in [0.05, 0.1) is 11.4 Å². The molecule has 3 N–H and O–H groups in total. The highest BCUT2D eigenvalue weighted by molar-refractivity contribution is 7.90. The van der Waals surface area contributed by atoms with Crippen molar-refractivity contribution in [3.63, 3.8) is 0 Å². The second-order valence-corrected chi connectivity index (χ2v) is 17.5. The average molecular weight is 814 g/mol. The van der Waals surface area contributed by atoms with Gasteiger partial charge in [-0.1, -0.05) is 85.2 Å². The molecule has 2 saturated carbocycles. The summed E-state index contributed by atoms with van der Waals surface area (Å²) >= 11 is 0. The zero-order valence-electron chi connectivity index (χ0n) is 32.7. The molecule has 2 heterocycles. The van der Waals surface area contributed by atoms with Crippen molar-refractivity contribution >= 4 is 50.7 Å². The Balaban J connectivity index is 1.14. The highest BCUT2D eigenvalue weighted by Crippen LogP contribution is 2.45. The van der Waals surface area contributed by atoms with Gasteiger partial charge in [-0.2, -0.15) is 0 Å². The van der Waals surface area contributed by atoms with E-state index in [1.165, 1.54) is 21.9 Å². The molecule has 1 saturated heterocycles. The molecule has 1 unspecified atom stereocenters. The molecule has 0 bridgehead atoms. The van der Waals surface area contributed by atoms with Gasteiger partial charge in [-0.3, -0.25) is 14.4 Å². The first-order chi connectivity index (χ1) is 27.9. The highest BCUT2D eigenvalue weighted by Gasteiger charge is 2.61. The van der Waals surface area contributed by atoms with Gasteiger partial charge in [0.25, 0.3) is 15.9 Å². The molecule has 2 aliphatic carbocycles. The monoisotopic (exact) mass is 813 g/mol. The molecule has 4 aliphatic rings. The van der Waals surface area contributed by atoms with Crippen LogP contribution in [0.2, 0.25) is 0 Å². The van der Waals surface area contributed by atoms with Crippen molar-refractivity contribution in [2.24, 2.45) is 5.92 Å². The van der Waals surface area contributed by atoms with Crippen molar-refractivity contribution in [3.05, 3.63) is 90.0 Å². The van der Waals surface area contributed by atoms with E-state index in [1.54, 1.807) is 12.1 Å². The summed E-state index contributed by atoms with van der Waals surface area (Å²) in [6, 6.07) is 17.2. The number of fused-ring (bicyclic) bond motifs is 3. The molecular weight excluding hydrogens is 763 g/mol. The third kappa shape index (κ3) is 9.30. The van der Waals surface area contributed by atoms with Gasteiger partial charge in [0.2, 0.25) is 11.8 Å². The van der Waals surface area contributed by atoms with E-state index >= 15 is 0 Å². The van der Waals surface area contributed by atoms with Crippen LogP contribution in [0.5, 0.6) is 0 Å². The number of piperazine rings is 1. The Labute approximate surface area is 338 Å². The lowest BCUT2D eigenvalue weighted by atomic mass is 10.0. The quantitative estimate of drug-likeness (QED) is 0.269. The first-order valence-corrected chi connectivity index (χ1v) is 21.7. The number of amides is 5. The lowest BCUT2D eigenvalue weighted by Crippen LogP contribution is -2.66. The van der Waals surface area contributed by atoms with Crippen LogP contribution in [0.3, 0.4) is 0 Å². The smallest absolute Gasteiger partial charge is 0.410 e. The lowest BCUT2D eigenvalue weighted by Gasteiger charge is -2.41. The number of nitrogens with one attached hydrogen (secondary N) is 3. The zero-order valence-corrected chi connectivity index (χ0v) is 33.5. The highest BCUT2D eigenvalue weighted by atomic mass is 32.2. The standard InChI is InChI=1S/C43H51N5O9S/c1-29-20-22-34(23-21-29)58(54,55)46-40(51)43-26-32(43)15-5-3-2-4-6-19-36(44-41(52)57-33-16-8-9-17-33)39(50)48-25-24-47(27-37(48)38(49)45-43)42(53)56-28-31-14-11-13-30-12-7-10-18-35(30)31/h5,7,10-15,18,20-23,32-33,36-37H,2-4,6,8-9,16-17,19,24-28H2,1H3,(H,44,52)(H,45,49)(H,46,51)/b15-5+/t32?,36-,37-,43-/m0/s1. The van der Waals surface area contributed by atoms with Crippen molar-refractivity contribution < 1.29 is 41.9 Å². The van der Waals surface area contributed by atoms with Crippen LogP contribution in [-0.4, -0.2) is 91.5 Å². The summed E-state index contributed by atoms with van der Waals surface area (Å²) in [7, 11) is -4.30. The number of benzene rings is 3. The van der Waals surface area contributed by atoms with Gasteiger partial charge in [-0.15, -0.1) is 0 Å². The van der Waals surface area contributed by atoms with Crippen molar-refractivity contribution in [1.29, 1.82) is 0 Å². The van der Waals surface area contributed by atoms with Crippen molar-refractivity contribution in [3.8, 4) is 0 Å². The molecular formula is C43H51N5O9S. The number of alkyl carbamates (subject to hydrolysis) is 1. The van der Waals surface area contributed by atoms with Crippen molar-refractivity contribution in [2.75, 3.05) is 19.6 Å². The van der Waals surface area contributed by atoms with Crippen molar-refractivity contribution in [1.82, 2.24) is 25.2 Å². The maximum Gasteiger partial charge on any atom is 0.410 e. The summed E-state index contributed by atoms with van der Waals surface area (Å²) in [5.41, 5.74) is -0.00146. The van der Waals surface area contributed by atoms with Gasteiger partial charge >= 0.3 is 12.2 Å². The molecule has 5 amide bonds. The van der Waals surface area contributed by atoms with E-state index in [1.807, 2.05) is 61.5 Å². The number of aryl methyl sites for hydroxylation is 1. The molecule has 7 rings (SSSR count). The van der Waals surface area contributed by atoms with Gasteiger partial charge in [0.15, 0.2) is 0 Å². The Bertz CT molecular complexity index is 2170. The first-order valence-electron chi connectivity index (χ1n) is 20.2. The van der Waals surface area contributed by atoms with Gasteiger partial charge in [0.1, 0.15) is 30.3 Å². The summed E-state index contributed by atoms with van der Waals surface area (Å²) in [6.07, 6.45) is 8.75. The number of hydrogen-bond acceptors (Lipinski definition) is 9. The van der Waals surface area contributed by atoms with Crippen LogP contribution in [0.1, 0.15) is 75.3 Å². The largest absolute Gasteiger partial charge is 0.446 e. The Morgan fingerprint density at radius 2 is 1.64 bits per heavy atom. The van der Waals surface area contributed by atoms with Crippen LogP contribution in [0.15, 0.2) is 83.8 Å². The zero-order chi connectivity index (χ0) is 40.9. The molecule has 58 heavy (non-hydrogen) atoms. The predicted octanol–water partition coefficient (Wildman–Crippen LogP) is 5.24. The van der Waals surface area contributed by atoms with Crippen LogP contribution < -0.4 is 15.4 Å². The minimum atomic E-state index is -4.30. The molecule has 0 radical (unpaired) electrons. The molecule has 3 fully saturated rings. The van der Waals surface area contributed by atoms with Crippen LogP contribution in [-0.2, 0) is 40.5 Å². The van der Waals surface area contributed by atoms with Crippen molar-refractivity contribution in [2.45, 2.75) is 106 Å². The lowest BCUT2D eigenvalue weighted by molar-refractivity contribution is -0.146. The molecule has 308 valence electrons. The average Bonchev–Trinajstić information content (AvgIpc) is 3.66. The van der Waals surface area contributed by atoms with Gasteiger partial charge in [0, 0.05) is 19.0 Å². The van der Waals surface area contributed by atoms with E-state index in [0.29, 0.717) is 19.3 Å². The van der Waals surface area contributed by atoms with Gasteiger partial charge < -0.3 is 29.9 Å². The molecule has 0 aromatic heterocycles. The van der Waals surface area contributed by atoms with Gasteiger partial charge in [-0.25, -0.2) is 22.7 Å². The van der Waals surface area contributed by atoms with E-state index in [9.17, 15) is 32.4 Å². The maximum absolute atomic E-state index is 14.6. The predicted molar refractivity (Wildman–Crippen MR) is 215 cm³/mol. The van der Waals surface area contributed by atoms with Crippen LogP contribution >= 0.6 is 0 Å². The Morgan fingerprint density at radius 1 is 0.897 bits per heavy atom. The number of sulfonamides is 1. The third-order valence-corrected chi connectivity index (χ3v) is 13.0. The summed E-state index contributed by atoms with van der Waals surface area (Å²) < 4.78 is 40.3. The normalized spacial score (nSPS) is 24.9. The second kappa shape index (κ2) is 17.6. The number of ether oxygens (including phenoxy) is 2. The topological polar surface area (TPSA) is 181 Å². The van der Waals surface area contributed by atoms with E-state index in [4.69, 9.17) is 9.47 Å². The fraction of sp³-hybridized carbons (Fsp3) is 0.465. The minimum absolute atomic E-state index is 0.0297. The maximum atomic E-state index is 14.6. The van der Waals surface area contributed by atoms with Crippen LogP contribution in [0.4, 0.5) is 9.59 Å². The summed E-state index contributed by atoms with van der Waals surface area (Å²) in [6.45, 7) is 1.48. The summed E-state index contributed by atoms with van der Waals surface area (Å²) in [5.74, 6) is -2.70. The summed E-state index contributed by atoms with van der Waals surface area (Å²) in [4.78, 5) is 72.4. The molecule has 4 atom stereocenters. The Kier molecular flexibility index (Phi) is 12.4. The minimum Gasteiger partial charge on any atom is -0.446 e. The number of nitrogens with zero attached hydrogens (tertiary/aromatic N) is 2. The number of carbonyl (C=O) groups excluding carboxylic acids is 5.